The van der Waals surface area contributed by atoms with Gasteiger partial charge in [-0.25, -0.2) is 14.8 Å². The Hall–Kier alpha value is -2.75. The number of H-pyrrole nitrogens is 1. The molecule has 0 aliphatic heterocycles. The molecule has 0 aliphatic carbocycles. The van der Waals surface area contributed by atoms with Gasteiger partial charge in [-0.1, -0.05) is 0 Å². The summed E-state index contributed by atoms with van der Waals surface area (Å²) in [7, 11) is 0. The van der Waals surface area contributed by atoms with Crippen molar-refractivity contribution in [1.29, 1.82) is 0 Å². The number of aromatic amines is 1. The molecule has 0 fully saturated rings. The Kier molecular flexibility index (Phi) is 3.75. The second-order valence-electron chi connectivity index (χ2n) is 3.45. The molecule has 20 heavy (non-hydrogen) atoms. The molecule has 2 heterocycles. The highest BCUT2D eigenvalue weighted by Crippen LogP contribution is 2.27. The van der Waals surface area contributed by atoms with Crippen LogP contribution in [0.4, 0.5) is 5.69 Å². The molecule has 102 valence electrons. The van der Waals surface area contributed by atoms with Gasteiger partial charge in [0.05, 0.1) is 10.5 Å². The Morgan fingerprint density at radius 2 is 2.20 bits per heavy atom. The third kappa shape index (κ3) is 2.98. The molecule has 2 aromatic heterocycles. The summed E-state index contributed by atoms with van der Waals surface area (Å²) in [5.41, 5.74) is -1.17. The number of rotatable bonds is 4. The van der Waals surface area contributed by atoms with E-state index < -0.39 is 22.1 Å². The lowest BCUT2D eigenvalue weighted by Gasteiger charge is -2.03. The molecule has 2 N–H and O–H groups in total. The monoisotopic (exact) mass is 294 g/mol. The van der Waals surface area contributed by atoms with Crippen LogP contribution in [0.2, 0.25) is 0 Å². The Bertz CT molecular complexity index is 744. The lowest BCUT2D eigenvalue weighted by Crippen LogP contribution is -2.07. The van der Waals surface area contributed by atoms with Gasteiger partial charge in [-0.2, -0.15) is 0 Å². The van der Waals surface area contributed by atoms with Gasteiger partial charge in [0.2, 0.25) is 0 Å². The molecule has 0 saturated carbocycles. The number of carbonyl (C=O) groups is 1. The molecule has 2 aromatic rings. The molecule has 0 aliphatic rings. The highest BCUT2D eigenvalue weighted by atomic mass is 32.2. The third-order valence-corrected chi connectivity index (χ3v) is 3.04. The Morgan fingerprint density at radius 3 is 2.80 bits per heavy atom. The van der Waals surface area contributed by atoms with Crippen molar-refractivity contribution in [3.63, 3.8) is 0 Å². The fraction of sp³-hybridized carbons (Fsp3) is 0. The van der Waals surface area contributed by atoms with Crippen LogP contribution in [-0.2, 0) is 0 Å². The van der Waals surface area contributed by atoms with Crippen molar-refractivity contribution in [2.24, 2.45) is 0 Å². The summed E-state index contributed by atoms with van der Waals surface area (Å²) in [5.74, 6) is -1.36. The van der Waals surface area contributed by atoms with Crippen molar-refractivity contribution < 1.29 is 14.8 Å². The SMILES string of the molecule is O=C(O)c1cc([N+](=O)[O-])cnc1Sc1nccc(=O)[nH]1. The van der Waals surface area contributed by atoms with E-state index in [0.29, 0.717) is 0 Å². The molecule has 0 spiro atoms. The molecule has 0 atom stereocenters. The lowest BCUT2D eigenvalue weighted by atomic mass is 10.3. The summed E-state index contributed by atoms with van der Waals surface area (Å²) in [5, 5.41) is 19.8. The zero-order chi connectivity index (χ0) is 14.7. The molecule has 10 heteroatoms. The van der Waals surface area contributed by atoms with E-state index >= 15 is 0 Å². The molecule has 0 bridgehead atoms. The summed E-state index contributed by atoms with van der Waals surface area (Å²) < 4.78 is 0. The second kappa shape index (κ2) is 5.48. The topological polar surface area (TPSA) is 139 Å². The largest absolute Gasteiger partial charge is 0.478 e. The average molecular weight is 294 g/mol. The maximum atomic E-state index is 11.1. The normalized spacial score (nSPS) is 10.2. The third-order valence-electron chi connectivity index (χ3n) is 2.12. The van der Waals surface area contributed by atoms with Crippen LogP contribution in [0, 0.1) is 10.1 Å². The maximum absolute atomic E-state index is 11.1. The van der Waals surface area contributed by atoms with Crippen molar-refractivity contribution >= 4 is 23.4 Å². The van der Waals surface area contributed by atoms with E-state index in [9.17, 15) is 19.7 Å². The molecule has 0 aromatic carbocycles. The molecule has 0 unspecified atom stereocenters. The van der Waals surface area contributed by atoms with Crippen molar-refractivity contribution in [3.8, 4) is 0 Å². The van der Waals surface area contributed by atoms with Crippen LogP contribution in [0.25, 0.3) is 0 Å². The van der Waals surface area contributed by atoms with Crippen LogP contribution in [0.1, 0.15) is 10.4 Å². The number of nitro groups is 1. The quantitative estimate of drug-likeness (QED) is 0.482. The Labute approximate surface area is 114 Å². The van der Waals surface area contributed by atoms with E-state index in [4.69, 9.17) is 5.11 Å². The minimum Gasteiger partial charge on any atom is -0.478 e. The Balaban J connectivity index is 2.43. The maximum Gasteiger partial charge on any atom is 0.338 e. The van der Waals surface area contributed by atoms with Gasteiger partial charge >= 0.3 is 5.97 Å². The van der Waals surface area contributed by atoms with E-state index in [-0.39, 0.29) is 15.7 Å². The number of hydrogen-bond acceptors (Lipinski definition) is 7. The Morgan fingerprint density at radius 1 is 1.45 bits per heavy atom. The van der Waals surface area contributed by atoms with Gasteiger partial charge in [-0.15, -0.1) is 0 Å². The van der Waals surface area contributed by atoms with E-state index in [2.05, 4.69) is 15.0 Å². The van der Waals surface area contributed by atoms with Gasteiger partial charge in [-0.3, -0.25) is 14.9 Å². The first-order valence-corrected chi connectivity index (χ1v) is 5.90. The minimum atomic E-state index is -1.36. The van der Waals surface area contributed by atoms with Crippen LogP contribution in [0.5, 0.6) is 0 Å². The van der Waals surface area contributed by atoms with Crippen LogP contribution in [0.3, 0.4) is 0 Å². The zero-order valence-electron chi connectivity index (χ0n) is 9.64. The van der Waals surface area contributed by atoms with Gasteiger partial charge in [0.1, 0.15) is 11.2 Å². The van der Waals surface area contributed by atoms with E-state index in [1.807, 2.05) is 0 Å². The fourth-order valence-electron chi connectivity index (χ4n) is 1.27. The van der Waals surface area contributed by atoms with E-state index in [1.54, 1.807) is 0 Å². The summed E-state index contributed by atoms with van der Waals surface area (Å²) in [6.45, 7) is 0. The summed E-state index contributed by atoms with van der Waals surface area (Å²) in [6, 6.07) is 2.10. The van der Waals surface area contributed by atoms with E-state index in [1.165, 1.54) is 12.3 Å². The highest BCUT2D eigenvalue weighted by Gasteiger charge is 2.18. The van der Waals surface area contributed by atoms with Crippen LogP contribution in [0.15, 0.2) is 39.5 Å². The van der Waals surface area contributed by atoms with Gasteiger partial charge in [0.15, 0.2) is 5.16 Å². The molecule has 0 amide bonds. The molecule has 0 saturated heterocycles. The molecular formula is C10H6N4O5S. The molecular weight excluding hydrogens is 288 g/mol. The number of carboxylic acid groups (broad SMARTS) is 1. The molecule has 0 radical (unpaired) electrons. The average Bonchev–Trinajstić information content (AvgIpc) is 2.38. The highest BCUT2D eigenvalue weighted by molar-refractivity contribution is 7.99. The number of nitrogens with zero attached hydrogens (tertiary/aromatic N) is 3. The first-order valence-electron chi connectivity index (χ1n) is 5.08. The number of aromatic nitrogens is 3. The van der Waals surface area contributed by atoms with Gasteiger partial charge < -0.3 is 10.1 Å². The van der Waals surface area contributed by atoms with Crippen molar-refractivity contribution in [3.05, 3.63) is 50.6 Å². The zero-order valence-corrected chi connectivity index (χ0v) is 10.5. The predicted molar refractivity (Wildman–Crippen MR) is 66.8 cm³/mol. The van der Waals surface area contributed by atoms with Crippen LogP contribution >= 0.6 is 11.8 Å². The summed E-state index contributed by atoms with van der Waals surface area (Å²) >= 11 is 0.796. The lowest BCUT2D eigenvalue weighted by molar-refractivity contribution is -0.385. The number of nitrogens with one attached hydrogen (secondary N) is 1. The summed E-state index contributed by atoms with van der Waals surface area (Å²) in [4.78, 5) is 42.0. The van der Waals surface area contributed by atoms with Gasteiger partial charge in [0, 0.05) is 18.3 Å². The predicted octanol–water partition coefficient (Wildman–Crippen LogP) is 0.922. The minimum absolute atomic E-state index is 0.00236. The number of pyridine rings is 1. The van der Waals surface area contributed by atoms with Crippen LogP contribution in [-0.4, -0.2) is 31.0 Å². The second-order valence-corrected chi connectivity index (χ2v) is 4.43. The molecule has 2 rings (SSSR count). The van der Waals surface area contributed by atoms with Gasteiger partial charge in [-0.05, 0) is 11.8 Å². The van der Waals surface area contributed by atoms with Crippen molar-refractivity contribution in [2.45, 2.75) is 10.2 Å². The summed E-state index contributed by atoms with van der Waals surface area (Å²) in [6.07, 6.45) is 2.20. The smallest absolute Gasteiger partial charge is 0.338 e. The standard InChI is InChI=1S/C10H6N4O5S/c15-7-1-2-11-10(13-7)20-8-6(9(16)17)3-5(4-12-8)14(18)19/h1-4H,(H,16,17)(H,11,13,15). The number of carboxylic acids is 1. The fourth-order valence-corrected chi connectivity index (χ4v) is 2.08. The number of hydrogen-bond donors (Lipinski definition) is 2. The first-order chi connectivity index (χ1) is 9.47. The van der Waals surface area contributed by atoms with Gasteiger partial charge in [0.25, 0.3) is 11.2 Å². The first kappa shape index (κ1) is 13.7. The number of aromatic carboxylic acids is 1. The van der Waals surface area contributed by atoms with Crippen molar-refractivity contribution in [1.82, 2.24) is 15.0 Å². The van der Waals surface area contributed by atoms with Crippen molar-refractivity contribution in [2.75, 3.05) is 0 Å². The van der Waals surface area contributed by atoms with Crippen LogP contribution < -0.4 is 5.56 Å². The molecule has 9 nitrogen and oxygen atoms in total. The van der Waals surface area contributed by atoms with E-state index in [0.717, 1.165) is 24.0 Å².